The average Bonchev–Trinajstić information content (AvgIpc) is 3.03. The molecule has 0 spiro atoms. The molecule has 0 saturated carbocycles. The molecule has 1 atom stereocenters. The van der Waals surface area contributed by atoms with Gasteiger partial charge in [-0.1, -0.05) is 127 Å². The molecule has 190 valence electrons. The Morgan fingerprint density at radius 3 is 1.90 bits per heavy atom. The van der Waals surface area contributed by atoms with Gasteiger partial charge in [-0.25, -0.2) is 0 Å². The van der Waals surface area contributed by atoms with Crippen LogP contribution >= 0.6 is 0 Å². The van der Waals surface area contributed by atoms with E-state index in [9.17, 15) is 0 Å². The van der Waals surface area contributed by atoms with Gasteiger partial charge in [-0.3, -0.25) is 0 Å². The Labute approximate surface area is 235 Å². The van der Waals surface area contributed by atoms with E-state index in [0.717, 1.165) is 6.42 Å². The number of hydrogen-bond acceptors (Lipinski definition) is 0. The van der Waals surface area contributed by atoms with E-state index in [-0.39, 0.29) is 0 Å². The summed E-state index contributed by atoms with van der Waals surface area (Å²) in [7, 11) is 0. The fourth-order valence-electron chi connectivity index (χ4n) is 6.98. The second-order valence-corrected chi connectivity index (χ2v) is 11.2. The van der Waals surface area contributed by atoms with Crippen LogP contribution in [-0.4, -0.2) is 0 Å². The Kier molecular flexibility index (Phi) is 5.52. The van der Waals surface area contributed by atoms with Crippen LogP contribution in [0.4, 0.5) is 0 Å². The van der Waals surface area contributed by atoms with Gasteiger partial charge in [0, 0.05) is 0 Å². The number of hydrogen-bond donors (Lipinski definition) is 0. The van der Waals surface area contributed by atoms with Crippen molar-refractivity contribution in [3.8, 4) is 22.3 Å². The Morgan fingerprint density at radius 1 is 0.475 bits per heavy atom. The zero-order valence-electron chi connectivity index (χ0n) is 22.5. The lowest BCUT2D eigenvalue weighted by molar-refractivity contribution is 0.568. The molecule has 0 heterocycles. The molecule has 0 bridgehead atoms. The summed E-state index contributed by atoms with van der Waals surface area (Å²) in [5, 5.41) is 7.84. The maximum atomic E-state index is 2.40. The maximum Gasteiger partial charge on any atom is -0.00236 e. The van der Waals surface area contributed by atoms with Gasteiger partial charge in [0.1, 0.15) is 0 Å². The highest BCUT2D eigenvalue weighted by Gasteiger charge is 2.24. The molecule has 0 saturated heterocycles. The minimum atomic E-state index is 0.626. The van der Waals surface area contributed by atoms with Gasteiger partial charge in [0.15, 0.2) is 0 Å². The third kappa shape index (κ3) is 3.75. The van der Waals surface area contributed by atoms with Gasteiger partial charge < -0.3 is 0 Å². The van der Waals surface area contributed by atoms with Gasteiger partial charge in [-0.15, -0.1) is 0 Å². The van der Waals surface area contributed by atoms with Crippen LogP contribution in [0.25, 0.3) is 60.1 Å². The largest absolute Gasteiger partial charge is 0.0842 e. The third-order valence-corrected chi connectivity index (χ3v) is 8.87. The molecule has 2 aliphatic carbocycles. The van der Waals surface area contributed by atoms with E-state index < -0.39 is 0 Å². The molecular weight excluding hydrogens is 480 g/mol. The van der Waals surface area contributed by atoms with Gasteiger partial charge in [0.2, 0.25) is 0 Å². The summed E-state index contributed by atoms with van der Waals surface area (Å²) in [6.07, 6.45) is 13.1. The lowest BCUT2D eigenvalue weighted by Gasteiger charge is -2.28. The zero-order chi connectivity index (χ0) is 26.5. The molecule has 6 aromatic rings. The highest BCUT2D eigenvalue weighted by Crippen LogP contribution is 2.46. The van der Waals surface area contributed by atoms with Crippen LogP contribution in [0.2, 0.25) is 0 Å². The van der Waals surface area contributed by atoms with Crippen molar-refractivity contribution in [2.75, 3.05) is 0 Å². The summed E-state index contributed by atoms with van der Waals surface area (Å²) < 4.78 is 0. The molecular formula is C40H30. The molecule has 0 nitrogen and oxygen atoms in total. The molecule has 2 aliphatic rings. The smallest absolute Gasteiger partial charge is 0.00236 e. The van der Waals surface area contributed by atoms with Crippen molar-refractivity contribution in [1.29, 1.82) is 0 Å². The fourth-order valence-corrected chi connectivity index (χ4v) is 6.98. The molecule has 0 fully saturated rings. The Hall–Kier alpha value is -4.68. The predicted molar refractivity (Wildman–Crippen MR) is 172 cm³/mol. The van der Waals surface area contributed by atoms with Crippen molar-refractivity contribution < 1.29 is 0 Å². The van der Waals surface area contributed by atoms with Gasteiger partial charge >= 0.3 is 0 Å². The molecule has 0 aliphatic heterocycles. The van der Waals surface area contributed by atoms with Crippen LogP contribution in [0.1, 0.15) is 24.8 Å². The van der Waals surface area contributed by atoms with Crippen molar-refractivity contribution in [2.24, 2.45) is 5.92 Å². The first-order chi connectivity index (χ1) is 19.8. The lowest BCUT2D eigenvalue weighted by Crippen LogP contribution is -2.10. The van der Waals surface area contributed by atoms with E-state index in [0.29, 0.717) is 5.92 Å². The molecule has 40 heavy (non-hydrogen) atoms. The van der Waals surface area contributed by atoms with E-state index in [1.807, 2.05) is 0 Å². The molecule has 0 heteroatoms. The van der Waals surface area contributed by atoms with Crippen LogP contribution < -0.4 is 0 Å². The third-order valence-electron chi connectivity index (χ3n) is 8.87. The van der Waals surface area contributed by atoms with Crippen LogP contribution in [0, 0.1) is 5.92 Å². The van der Waals surface area contributed by atoms with Gasteiger partial charge in [0.05, 0.1) is 0 Å². The Morgan fingerprint density at radius 2 is 1.12 bits per heavy atom. The molecule has 6 aromatic carbocycles. The van der Waals surface area contributed by atoms with Crippen LogP contribution in [-0.2, 0) is 0 Å². The minimum absolute atomic E-state index is 0.626. The van der Waals surface area contributed by atoms with Crippen molar-refractivity contribution in [3.05, 3.63) is 151 Å². The number of rotatable bonds is 3. The van der Waals surface area contributed by atoms with Crippen LogP contribution in [0.3, 0.4) is 0 Å². The highest BCUT2D eigenvalue weighted by molar-refractivity contribution is 6.20. The summed E-state index contributed by atoms with van der Waals surface area (Å²) >= 11 is 0. The summed E-state index contributed by atoms with van der Waals surface area (Å²) in [5.74, 6) is 0.626. The second-order valence-electron chi connectivity index (χ2n) is 11.2. The molecule has 1 unspecified atom stereocenters. The topological polar surface area (TPSA) is 0 Å². The minimum Gasteiger partial charge on any atom is -0.0842 e. The van der Waals surface area contributed by atoms with Gasteiger partial charge in [-0.2, -0.15) is 0 Å². The van der Waals surface area contributed by atoms with Crippen LogP contribution in [0.15, 0.2) is 145 Å². The standard InChI is InChI=1S/C40H30/c1-2-13-29-25-31(24-23-27(29)11-1)30-15-9-16-32(26-30)39-35-18-5-7-20-37(35)40(38-21-8-6-19-36(38)39)34-22-10-14-28-12-3-4-17-33(28)34/h1-2,4-11,13,15-26,28H,3,12,14H2. The summed E-state index contributed by atoms with van der Waals surface area (Å²) in [6, 6.07) is 42.5. The summed E-state index contributed by atoms with van der Waals surface area (Å²) in [4.78, 5) is 0. The van der Waals surface area contributed by atoms with E-state index in [1.54, 1.807) is 0 Å². The average molecular weight is 511 g/mol. The number of benzene rings is 6. The summed E-state index contributed by atoms with van der Waals surface area (Å²) in [5.41, 5.74) is 9.36. The first kappa shape index (κ1) is 23.2. The zero-order valence-corrected chi connectivity index (χ0v) is 22.5. The lowest BCUT2D eigenvalue weighted by atomic mass is 9.76. The summed E-state index contributed by atoms with van der Waals surface area (Å²) in [6.45, 7) is 0. The SMILES string of the molecule is C1=CC2=C(c3c4ccccc4c(-c4cccc(-c5ccc6ccccc6c5)c4)c4ccccc34)C=CCC2CC1. The Balaban J connectivity index is 1.39. The van der Waals surface area contributed by atoms with Gasteiger partial charge in [0.25, 0.3) is 0 Å². The highest BCUT2D eigenvalue weighted by atomic mass is 14.3. The fraction of sp³-hybridized carbons (Fsp3) is 0.100. The van der Waals surface area contributed by atoms with Crippen molar-refractivity contribution in [1.82, 2.24) is 0 Å². The number of allylic oxidation sites excluding steroid dienone is 6. The van der Waals surface area contributed by atoms with Crippen LogP contribution in [0.5, 0.6) is 0 Å². The molecule has 0 amide bonds. The quantitative estimate of drug-likeness (QED) is 0.208. The molecule has 8 rings (SSSR count). The van der Waals surface area contributed by atoms with E-state index in [1.165, 1.54) is 84.1 Å². The number of fused-ring (bicyclic) bond motifs is 4. The normalized spacial score (nSPS) is 16.6. The predicted octanol–water partition coefficient (Wildman–Crippen LogP) is 11.2. The molecule has 0 aromatic heterocycles. The Bertz CT molecular complexity index is 1970. The van der Waals surface area contributed by atoms with Crippen molar-refractivity contribution in [2.45, 2.75) is 19.3 Å². The van der Waals surface area contributed by atoms with Gasteiger partial charge in [-0.05, 0) is 109 Å². The van der Waals surface area contributed by atoms with Crippen molar-refractivity contribution in [3.63, 3.8) is 0 Å². The second kappa shape index (κ2) is 9.50. The van der Waals surface area contributed by atoms with E-state index in [2.05, 4.69) is 140 Å². The molecule has 0 radical (unpaired) electrons. The molecule has 0 N–H and O–H groups in total. The van der Waals surface area contributed by atoms with E-state index in [4.69, 9.17) is 0 Å². The maximum absolute atomic E-state index is 2.40. The first-order valence-corrected chi connectivity index (χ1v) is 14.5. The first-order valence-electron chi connectivity index (χ1n) is 14.5. The van der Waals surface area contributed by atoms with Crippen molar-refractivity contribution >= 4 is 37.9 Å². The monoisotopic (exact) mass is 510 g/mol. The van der Waals surface area contributed by atoms with E-state index >= 15 is 0 Å².